The molecule has 0 unspecified atom stereocenters. The summed E-state index contributed by atoms with van der Waals surface area (Å²) in [5.74, 6) is -0.804. The van der Waals surface area contributed by atoms with Gasteiger partial charge in [-0.05, 0) is 43.9 Å². The molecule has 0 fully saturated rings. The van der Waals surface area contributed by atoms with Crippen LogP contribution in [0.2, 0.25) is 0 Å². The Labute approximate surface area is 123 Å². The average Bonchev–Trinajstić information content (AvgIpc) is 2.75. The van der Waals surface area contributed by atoms with Gasteiger partial charge in [-0.3, -0.25) is 4.79 Å². The molecule has 4 heteroatoms. The lowest BCUT2D eigenvalue weighted by molar-refractivity contribution is -0.136. The first-order valence-electron chi connectivity index (χ1n) is 6.79. The van der Waals surface area contributed by atoms with Crippen molar-refractivity contribution in [3.05, 3.63) is 39.2 Å². The van der Waals surface area contributed by atoms with E-state index in [1.165, 1.54) is 22.5 Å². The van der Waals surface area contributed by atoms with Gasteiger partial charge < -0.3 is 5.11 Å². The average molecular weight is 289 g/mol. The Hall–Kier alpha value is -1.68. The third-order valence-corrected chi connectivity index (χ3v) is 4.41. The molecule has 0 aliphatic rings. The lowest BCUT2D eigenvalue weighted by Crippen LogP contribution is -1.99. The van der Waals surface area contributed by atoms with Crippen molar-refractivity contribution >= 4 is 17.3 Å². The molecular weight excluding hydrogens is 270 g/mol. The van der Waals surface area contributed by atoms with Gasteiger partial charge in [-0.25, -0.2) is 4.98 Å². The summed E-state index contributed by atoms with van der Waals surface area (Å²) in [4.78, 5) is 16.5. The highest BCUT2D eigenvalue weighted by Crippen LogP contribution is 2.30. The molecule has 2 aromatic rings. The van der Waals surface area contributed by atoms with Gasteiger partial charge in [0.2, 0.25) is 0 Å². The zero-order chi connectivity index (χ0) is 14.7. The first-order chi connectivity index (χ1) is 9.51. The maximum atomic E-state index is 11.0. The second kappa shape index (κ2) is 6.18. The zero-order valence-corrected chi connectivity index (χ0v) is 12.9. The maximum absolute atomic E-state index is 11.0. The molecule has 0 aliphatic carbocycles. The number of aryl methyl sites for hydroxylation is 3. The topological polar surface area (TPSA) is 50.2 Å². The van der Waals surface area contributed by atoms with E-state index >= 15 is 0 Å². The van der Waals surface area contributed by atoms with Crippen molar-refractivity contribution in [2.75, 3.05) is 0 Å². The van der Waals surface area contributed by atoms with E-state index in [4.69, 9.17) is 5.11 Å². The lowest BCUT2D eigenvalue weighted by atomic mass is 10.0. The van der Waals surface area contributed by atoms with Crippen molar-refractivity contribution < 1.29 is 9.90 Å². The van der Waals surface area contributed by atoms with Gasteiger partial charge in [0, 0.05) is 10.4 Å². The van der Waals surface area contributed by atoms with Crippen molar-refractivity contribution in [3.63, 3.8) is 0 Å². The van der Waals surface area contributed by atoms with Gasteiger partial charge in [-0.15, -0.1) is 11.3 Å². The number of benzene rings is 1. The predicted octanol–water partition coefficient (Wildman–Crippen LogP) is 4.01. The second-order valence-electron chi connectivity index (χ2n) is 5.00. The molecule has 0 amide bonds. The first kappa shape index (κ1) is 14.7. The van der Waals surface area contributed by atoms with Crippen LogP contribution in [0.25, 0.3) is 11.3 Å². The standard InChI is InChI=1S/C16H19NO2S/c1-4-5-14-17-16(13(20-14)9-15(18)19)12-7-6-10(2)11(3)8-12/h6-8H,4-5,9H2,1-3H3,(H,18,19). The fourth-order valence-electron chi connectivity index (χ4n) is 2.09. The van der Waals surface area contributed by atoms with E-state index in [0.29, 0.717) is 0 Å². The van der Waals surface area contributed by atoms with Crippen molar-refractivity contribution in [2.24, 2.45) is 0 Å². The Morgan fingerprint density at radius 3 is 2.65 bits per heavy atom. The van der Waals surface area contributed by atoms with E-state index in [9.17, 15) is 4.79 Å². The van der Waals surface area contributed by atoms with E-state index in [2.05, 4.69) is 37.9 Å². The molecule has 0 aliphatic heterocycles. The lowest BCUT2D eigenvalue weighted by Gasteiger charge is -2.04. The Kier molecular flexibility index (Phi) is 4.55. The van der Waals surface area contributed by atoms with E-state index in [1.54, 1.807) is 0 Å². The van der Waals surface area contributed by atoms with Crippen LogP contribution in [0.5, 0.6) is 0 Å². The molecule has 3 nitrogen and oxygen atoms in total. The van der Waals surface area contributed by atoms with Crippen molar-refractivity contribution in [2.45, 2.75) is 40.0 Å². The molecule has 0 saturated heterocycles. The number of hydrogen-bond donors (Lipinski definition) is 1. The minimum absolute atomic E-state index is 0.0453. The van der Waals surface area contributed by atoms with Gasteiger partial charge in [0.15, 0.2) is 0 Å². The van der Waals surface area contributed by atoms with Crippen molar-refractivity contribution in [3.8, 4) is 11.3 Å². The summed E-state index contributed by atoms with van der Waals surface area (Å²) in [5.41, 5.74) is 4.29. The fourth-order valence-corrected chi connectivity index (χ4v) is 3.28. The summed E-state index contributed by atoms with van der Waals surface area (Å²) >= 11 is 1.53. The molecule has 2 rings (SSSR count). The number of carbonyl (C=O) groups is 1. The normalized spacial score (nSPS) is 10.8. The number of aromatic nitrogens is 1. The Balaban J connectivity index is 2.46. The summed E-state index contributed by atoms with van der Waals surface area (Å²) in [5, 5.41) is 10.1. The highest BCUT2D eigenvalue weighted by Gasteiger charge is 2.15. The first-order valence-corrected chi connectivity index (χ1v) is 7.61. The van der Waals surface area contributed by atoms with Crippen LogP contribution in [0.15, 0.2) is 18.2 Å². The second-order valence-corrected chi connectivity index (χ2v) is 6.17. The van der Waals surface area contributed by atoms with Crippen LogP contribution in [0.4, 0.5) is 0 Å². The van der Waals surface area contributed by atoms with Crippen LogP contribution in [-0.2, 0) is 17.6 Å². The van der Waals surface area contributed by atoms with Crippen LogP contribution in [-0.4, -0.2) is 16.1 Å². The molecule has 106 valence electrons. The summed E-state index contributed by atoms with van der Waals surface area (Å²) in [6.45, 7) is 6.24. The number of nitrogens with zero attached hydrogens (tertiary/aromatic N) is 1. The van der Waals surface area contributed by atoms with Crippen molar-refractivity contribution in [1.82, 2.24) is 4.98 Å². The van der Waals surface area contributed by atoms with E-state index in [0.717, 1.165) is 34.0 Å². The molecule has 0 bridgehead atoms. The smallest absolute Gasteiger partial charge is 0.308 e. The van der Waals surface area contributed by atoms with Gasteiger partial charge in [-0.2, -0.15) is 0 Å². The van der Waals surface area contributed by atoms with Gasteiger partial charge in [0.1, 0.15) is 0 Å². The van der Waals surface area contributed by atoms with Crippen LogP contribution in [0, 0.1) is 13.8 Å². The number of carboxylic acid groups (broad SMARTS) is 1. The fraction of sp³-hybridized carbons (Fsp3) is 0.375. The molecule has 0 radical (unpaired) electrons. The van der Waals surface area contributed by atoms with Crippen LogP contribution < -0.4 is 0 Å². The van der Waals surface area contributed by atoms with E-state index in [-0.39, 0.29) is 6.42 Å². The molecular formula is C16H19NO2S. The molecule has 1 heterocycles. The summed E-state index contributed by atoms with van der Waals surface area (Å²) in [7, 11) is 0. The largest absolute Gasteiger partial charge is 0.481 e. The predicted molar refractivity (Wildman–Crippen MR) is 82.4 cm³/mol. The van der Waals surface area contributed by atoms with Crippen LogP contribution in [0.1, 0.15) is 34.4 Å². The third kappa shape index (κ3) is 3.25. The highest BCUT2D eigenvalue weighted by molar-refractivity contribution is 7.12. The highest BCUT2D eigenvalue weighted by atomic mass is 32.1. The Bertz CT molecular complexity index is 631. The van der Waals surface area contributed by atoms with Gasteiger partial charge >= 0.3 is 5.97 Å². The molecule has 1 aromatic heterocycles. The van der Waals surface area contributed by atoms with Crippen LogP contribution in [0.3, 0.4) is 0 Å². The maximum Gasteiger partial charge on any atom is 0.308 e. The number of rotatable bonds is 5. The number of hydrogen-bond acceptors (Lipinski definition) is 3. The van der Waals surface area contributed by atoms with Crippen molar-refractivity contribution in [1.29, 1.82) is 0 Å². The summed E-state index contributed by atoms with van der Waals surface area (Å²) < 4.78 is 0. The molecule has 1 aromatic carbocycles. The summed E-state index contributed by atoms with van der Waals surface area (Å²) in [6, 6.07) is 6.18. The van der Waals surface area contributed by atoms with Gasteiger partial charge in [0.05, 0.1) is 17.1 Å². The Morgan fingerprint density at radius 1 is 1.30 bits per heavy atom. The molecule has 0 spiro atoms. The number of aliphatic carboxylic acids is 1. The molecule has 20 heavy (non-hydrogen) atoms. The zero-order valence-electron chi connectivity index (χ0n) is 12.1. The molecule has 1 N–H and O–H groups in total. The number of thiazole rings is 1. The van der Waals surface area contributed by atoms with Crippen LogP contribution >= 0.6 is 11.3 Å². The minimum atomic E-state index is -0.804. The third-order valence-electron chi connectivity index (χ3n) is 3.30. The molecule has 0 atom stereocenters. The monoisotopic (exact) mass is 289 g/mol. The number of carboxylic acids is 1. The SMILES string of the molecule is CCCc1nc(-c2ccc(C)c(C)c2)c(CC(=O)O)s1. The Morgan fingerprint density at radius 2 is 2.05 bits per heavy atom. The van der Waals surface area contributed by atoms with E-state index < -0.39 is 5.97 Å². The van der Waals surface area contributed by atoms with Gasteiger partial charge in [0.25, 0.3) is 0 Å². The minimum Gasteiger partial charge on any atom is -0.481 e. The summed E-state index contributed by atoms with van der Waals surface area (Å²) in [6.07, 6.45) is 1.97. The molecule has 0 saturated carbocycles. The van der Waals surface area contributed by atoms with E-state index in [1.807, 2.05) is 6.07 Å². The van der Waals surface area contributed by atoms with Gasteiger partial charge in [-0.1, -0.05) is 19.1 Å². The quantitative estimate of drug-likeness (QED) is 0.905.